The lowest BCUT2D eigenvalue weighted by molar-refractivity contribution is -0.131. The molecule has 1 unspecified atom stereocenters. The molecule has 2 aromatic carbocycles. The van der Waals surface area contributed by atoms with Crippen LogP contribution >= 0.6 is 0 Å². The van der Waals surface area contributed by atoms with Gasteiger partial charge in [0, 0.05) is 0 Å². The van der Waals surface area contributed by atoms with E-state index in [1.54, 1.807) is 31.2 Å². The van der Waals surface area contributed by atoms with E-state index in [4.69, 9.17) is 5.26 Å². The molecule has 1 aliphatic heterocycles. The molecule has 120 valence electrons. The maximum Gasteiger partial charge on any atom is 0.325 e. The Labute approximate surface area is 140 Å². The van der Waals surface area contributed by atoms with Crippen molar-refractivity contribution in [1.29, 1.82) is 5.26 Å². The number of hydrogen-bond donors (Lipinski definition) is 1. The molecule has 1 N–H and O–H groups in total. The quantitative estimate of drug-likeness (QED) is 0.884. The maximum absolute atomic E-state index is 12.9. The van der Waals surface area contributed by atoms with Crippen LogP contribution in [0.15, 0.2) is 48.5 Å². The standard InChI is InChI=1S/C19H17N3O2/c1-13-5-3-4-6-15(13)12-22-17(23)19(2,21-18(22)24)16-9-7-14(11-20)8-10-16/h3-10H,12H2,1-2H3,(H,21,24). The normalized spacial score (nSPS) is 20.0. The molecule has 3 rings (SSSR count). The zero-order valence-electron chi connectivity index (χ0n) is 13.5. The number of aryl methyl sites for hydroxylation is 1. The SMILES string of the molecule is Cc1ccccc1CN1C(=O)NC(C)(c2ccc(C#N)cc2)C1=O. The molecule has 1 heterocycles. The minimum Gasteiger partial charge on any atom is -0.319 e. The Bertz CT molecular complexity index is 852. The van der Waals surface area contributed by atoms with Crippen molar-refractivity contribution >= 4 is 11.9 Å². The Morgan fingerprint density at radius 3 is 2.42 bits per heavy atom. The number of carbonyl (C=O) groups is 2. The van der Waals surface area contributed by atoms with E-state index in [-0.39, 0.29) is 12.5 Å². The minimum atomic E-state index is -1.12. The van der Waals surface area contributed by atoms with Crippen LogP contribution in [0.25, 0.3) is 0 Å². The van der Waals surface area contributed by atoms with Gasteiger partial charge in [0.05, 0.1) is 18.2 Å². The van der Waals surface area contributed by atoms with Gasteiger partial charge >= 0.3 is 6.03 Å². The smallest absolute Gasteiger partial charge is 0.319 e. The summed E-state index contributed by atoms with van der Waals surface area (Å²) in [7, 11) is 0. The van der Waals surface area contributed by atoms with Gasteiger partial charge in [0.2, 0.25) is 0 Å². The second-order valence-corrected chi connectivity index (χ2v) is 6.06. The van der Waals surface area contributed by atoms with Crippen LogP contribution in [0.5, 0.6) is 0 Å². The Morgan fingerprint density at radius 1 is 1.12 bits per heavy atom. The highest BCUT2D eigenvalue weighted by molar-refractivity contribution is 6.07. The molecule has 24 heavy (non-hydrogen) atoms. The van der Waals surface area contributed by atoms with Gasteiger partial charge in [0.1, 0.15) is 5.54 Å². The van der Waals surface area contributed by atoms with Crippen molar-refractivity contribution in [2.45, 2.75) is 25.9 Å². The van der Waals surface area contributed by atoms with Crippen molar-refractivity contribution in [1.82, 2.24) is 10.2 Å². The molecule has 0 radical (unpaired) electrons. The van der Waals surface area contributed by atoms with E-state index in [1.807, 2.05) is 37.3 Å². The number of rotatable bonds is 3. The van der Waals surface area contributed by atoms with Crippen LogP contribution in [0.3, 0.4) is 0 Å². The molecule has 0 spiro atoms. The average Bonchev–Trinajstić information content (AvgIpc) is 2.81. The van der Waals surface area contributed by atoms with Crippen molar-refractivity contribution < 1.29 is 9.59 Å². The molecule has 1 aliphatic rings. The number of imide groups is 1. The second-order valence-electron chi connectivity index (χ2n) is 6.06. The number of nitrogens with one attached hydrogen (secondary N) is 1. The number of benzene rings is 2. The molecule has 1 atom stereocenters. The summed E-state index contributed by atoms with van der Waals surface area (Å²) in [5.41, 5.74) is 2.02. The van der Waals surface area contributed by atoms with Gasteiger partial charge in [-0.05, 0) is 42.7 Å². The number of amides is 3. The molecule has 0 aliphatic carbocycles. The molecule has 5 heteroatoms. The van der Waals surface area contributed by atoms with Crippen molar-refractivity contribution in [3.63, 3.8) is 0 Å². The first kappa shape index (κ1) is 15.8. The zero-order chi connectivity index (χ0) is 17.3. The molecule has 0 bridgehead atoms. The number of nitrogens with zero attached hydrogens (tertiary/aromatic N) is 2. The van der Waals surface area contributed by atoms with Gasteiger partial charge in [-0.15, -0.1) is 0 Å². The highest BCUT2D eigenvalue weighted by Crippen LogP contribution is 2.30. The fraction of sp³-hybridized carbons (Fsp3) is 0.211. The van der Waals surface area contributed by atoms with Gasteiger partial charge in [-0.2, -0.15) is 5.26 Å². The molecular weight excluding hydrogens is 302 g/mol. The van der Waals surface area contributed by atoms with E-state index < -0.39 is 11.6 Å². The Kier molecular flexibility index (Phi) is 3.82. The van der Waals surface area contributed by atoms with Crippen LogP contribution in [0.2, 0.25) is 0 Å². The topological polar surface area (TPSA) is 73.2 Å². The molecule has 5 nitrogen and oxygen atoms in total. The monoisotopic (exact) mass is 319 g/mol. The van der Waals surface area contributed by atoms with E-state index in [9.17, 15) is 9.59 Å². The Hall–Kier alpha value is -3.13. The predicted octanol–water partition coefficient (Wildman–Crippen LogP) is 2.83. The van der Waals surface area contributed by atoms with Crippen LogP contribution in [-0.4, -0.2) is 16.8 Å². The third kappa shape index (κ3) is 2.52. The van der Waals surface area contributed by atoms with E-state index in [2.05, 4.69) is 5.32 Å². The molecule has 1 fully saturated rings. The van der Waals surface area contributed by atoms with E-state index in [0.717, 1.165) is 11.1 Å². The van der Waals surface area contributed by atoms with Crippen molar-refractivity contribution in [3.8, 4) is 6.07 Å². The summed E-state index contributed by atoms with van der Waals surface area (Å²) in [6, 6.07) is 16.0. The molecular formula is C19H17N3O2. The lowest BCUT2D eigenvalue weighted by Crippen LogP contribution is -2.40. The fourth-order valence-electron chi connectivity index (χ4n) is 2.87. The minimum absolute atomic E-state index is 0.239. The molecule has 1 saturated heterocycles. The van der Waals surface area contributed by atoms with Crippen LogP contribution < -0.4 is 5.32 Å². The Balaban J connectivity index is 1.90. The van der Waals surface area contributed by atoms with Crippen molar-refractivity contribution in [2.24, 2.45) is 0 Å². The summed E-state index contributed by atoms with van der Waals surface area (Å²) in [6.45, 7) is 3.88. The zero-order valence-corrected chi connectivity index (χ0v) is 13.5. The third-order valence-corrected chi connectivity index (χ3v) is 4.46. The summed E-state index contributed by atoms with van der Waals surface area (Å²) < 4.78 is 0. The van der Waals surface area contributed by atoms with Gasteiger partial charge in [-0.3, -0.25) is 9.69 Å². The van der Waals surface area contributed by atoms with Gasteiger partial charge < -0.3 is 5.32 Å². The molecule has 0 aromatic heterocycles. The fourth-order valence-corrected chi connectivity index (χ4v) is 2.87. The number of nitriles is 1. The van der Waals surface area contributed by atoms with Gasteiger partial charge in [0.25, 0.3) is 5.91 Å². The molecule has 2 aromatic rings. The summed E-state index contributed by atoms with van der Waals surface area (Å²) >= 11 is 0. The average molecular weight is 319 g/mol. The number of hydrogen-bond acceptors (Lipinski definition) is 3. The van der Waals surface area contributed by atoms with E-state index >= 15 is 0 Å². The summed E-state index contributed by atoms with van der Waals surface area (Å²) in [5.74, 6) is -0.291. The third-order valence-electron chi connectivity index (χ3n) is 4.46. The maximum atomic E-state index is 12.9. The highest BCUT2D eigenvalue weighted by atomic mass is 16.2. The second kappa shape index (κ2) is 5.82. The lowest BCUT2D eigenvalue weighted by atomic mass is 9.91. The van der Waals surface area contributed by atoms with Crippen molar-refractivity contribution in [3.05, 3.63) is 70.8 Å². The first-order valence-electron chi connectivity index (χ1n) is 7.65. The van der Waals surface area contributed by atoms with Crippen LogP contribution in [0.1, 0.15) is 29.2 Å². The first-order chi connectivity index (χ1) is 11.5. The highest BCUT2D eigenvalue weighted by Gasteiger charge is 2.48. The van der Waals surface area contributed by atoms with Gasteiger partial charge in [-0.1, -0.05) is 36.4 Å². The van der Waals surface area contributed by atoms with Crippen LogP contribution in [0.4, 0.5) is 4.79 Å². The van der Waals surface area contributed by atoms with Gasteiger partial charge in [-0.25, -0.2) is 4.79 Å². The largest absolute Gasteiger partial charge is 0.325 e. The van der Waals surface area contributed by atoms with Gasteiger partial charge in [0.15, 0.2) is 0 Å². The number of carbonyl (C=O) groups excluding carboxylic acids is 2. The first-order valence-corrected chi connectivity index (χ1v) is 7.65. The summed E-state index contributed by atoms with van der Waals surface area (Å²) in [6.07, 6.45) is 0. The number of urea groups is 1. The molecule has 0 saturated carbocycles. The predicted molar refractivity (Wildman–Crippen MR) is 88.8 cm³/mol. The van der Waals surface area contributed by atoms with E-state index in [0.29, 0.717) is 11.1 Å². The molecule has 3 amide bonds. The Morgan fingerprint density at radius 2 is 1.79 bits per heavy atom. The van der Waals surface area contributed by atoms with Crippen LogP contribution in [-0.2, 0) is 16.9 Å². The van der Waals surface area contributed by atoms with Crippen LogP contribution in [0, 0.1) is 18.3 Å². The lowest BCUT2D eigenvalue weighted by Gasteiger charge is -2.22. The van der Waals surface area contributed by atoms with Crippen molar-refractivity contribution in [2.75, 3.05) is 0 Å². The summed E-state index contributed by atoms with van der Waals surface area (Å²) in [5, 5.41) is 11.7. The van der Waals surface area contributed by atoms with E-state index in [1.165, 1.54) is 4.90 Å². The summed E-state index contributed by atoms with van der Waals surface area (Å²) in [4.78, 5) is 26.5.